The van der Waals surface area contributed by atoms with Crippen molar-refractivity contribution in [1.82, 2.24) is 0 Å². The Morgan fingerprint density at radius 3 is 2.32 bits per heavy atom. The van der Waals surface area contributed by atoms with Crippen LogP contribution in [0.25, 0.3) is 0 Å². The van der Waals surface area contributed by atoms with Crippen molar-refractivity contribution in [1.29, 1.82) is 0 Å². The third kappa shape index (κ3) is 5.21. The molecule has 4 nitrogen and oxygen atoms in total. The van der Waals surface area contributed by atoms with E-state index < -0.39 is 17.9 Å². The van der Waals surface area contributed by atoms with Gasteiger partial charge in [0.15, 0.2) is 0 Å². The maximum absolute atomic E-state index is 11.4. The molecule has 0 bridgehead atoms. The Bertz CT molecular complexity index is 311. The van der Waals surface area contributed by atoms with Gasteiger partial charge in [-0.25, -0.2) is 0 Å². The Kier molecular flexibility index (Phi) is 6.32. The number of hydrogen-bond donors (Lipinski definition) is 2. The van der Waals surface area contributed by atoms with Gasteiger partial charge in [-0.1, -0.05) is 39.5 Å². The Hall–Kier alpha value is -1.06. The van der Waals surface area contributed by atoms with Gasteiger partial charge in [0.2, 0.25) is 0 Å². The molecule has 0 aliphatic heterocycles. The van der Waals surface area contributed by atoms with E-state index >= 15 is 0 Å². The normalized spacial score (nSPS) is 25.2. The van der Waals surface area contributed by atoms with Crippen molar-refractivity contribution in [3.63, 3.8) is 0 Å². The largest absolute Gasteiger partial charge is 0.481 e. The number of hydrogen-bond acceptors (Lipinski definition) is 2. The number of aliphatic carboxylic acids is 2. The lowest BCUT2D eigenvalue weighted by molar-refractivity contribution is -0.151. The fourth-order valence-corrected chi connectivity index (χ4v) is 3.28. The molecule has 1 fully saturated rings. The Labute approximate surface area is 115 Å². The molecule has 1 aliphatic carbocycles. The van der Waals surface area contributed by atoms with E-state index in [9.17, 15) is 14.7 Å². The molecule has 3 atom stereocenters. The zero-order valence-electron chi connectivity index (χ0n) is 12.0. The molecule has 3 unspecified atom stereocenters. The first kappa shape index (κ1) is 16.0. The average molecular weight is 270 g/mol. The van der Waals surface area contributed by atoms with E-state index in [0.29, 0.717) is 11.8 Å². The molecule has 19 heavy (non-hydrogen) atoms. The van der Waals surface area contributed by atoms with Crippen molar-refractivity contribution < 1.29 is 19.8 Å². The molecule has 1 saturated carbocycles. The van der Waals surface area contributed by atoms with Crippen LogP contribution in [-0.4, -0.2) is 22.2 Å². The summed E-state index contributed by atoms with van der Waals surface area (Å²) in [6.45, 7) is 4.34. The molecule has 0 amide bonds. The summed E-state index contributed by atoms with van der Waals surface area (Å²) in [6, 6.07) is 0. The zero-order chi connectivity index (χ0) is 14.4. The van der Waals surface area contributed by atoms with Crippen molar-refractivity contribution in [2.75, 3.05) is 0 Å². The fourth-order valence-electron chi connectivity index (χ4n) is 3.28. The van der Waals surface area contributed by atoms with Crippen molar-refractivity contribution >= 4 is 11.9 Å². The molecular formula is C15H26O4. The van der Waals surface area contributed by atoms with Crippen LogP contribution in [0.4, 0.5) is 0 Å². The van der Waals surface area contributed by atoms with Crippen LogP contribution in [0.3, 0.4) is 0 Å². The molecule has 1 rings (SSSR count). The number of carboxylic acid groups (broad SMARTS) is 2. The second-order valence-corrected chi connectivity index (χ2v) is 6.22. The fraction of sp³-hybridized carbons (Fsp3) is 0.867. The summed E-state index contributed by atoms with van der Waals surface area (Å²) in [6.07, 6.45) is 6.00. The van der Waals surface area contributed by atoms with E-state index in [4.69, 9.17) is 5.11 Å². The van der Waals surface area contributed by atoms with Crippen molar-refractivity contribution in [2.45, 2.75) is 58.8 Å². The topological polar surface area (TPSA) is 74.6 Å². The van der Waals surface area contributed by atoms with E-state index in [2.05, 4.69) is 13.8 Å². The standard InChI is InChI=1S/C15H26O4/c1-10(2)7-8-11-5-3-4-6-12(11)13(15(18)19)9-14(16)17/h10-13H,3-9H2,1-2H3,(H,16,17)(H,18,19). The van der Waals surface area contributed by atoms with Crippen molar-refractivity contribution in [3.05, 3.63) is 0 Å². The third-order valence-corrected chi connectivity index (χ3v) is 4.31. The van der Waals surface area contributed by atoms with Gasteiger partial charge in [0.1, 0.15) is 0 Å². The maximum atomic E-state index is 11.4. The summed E-state index contributed by atoms with van der Waals surface area (Å²) in [5, 5.41) is 18.2. The van der Waals surface area contributed by atoms with Crippen LogP contribution in [0, 0.1) is 23.7 Å². The molecule has 1 aliphatic rings. The van der Waals surface area contributed by atoms with Gasteiger partial charge in [0, 0.05) is 0 Å². The van der Waals surface area contributed by atoms with E-state index in [-0.39, 0.29) is 12.3 Å². The molecule has 0 aromatic heterocycles. The monoisotopic (exact) mass is 270 g/mol. The Morgan fingerprint density at radius 2 is 1.79 bits per heavy atom. The molecule has 110 valence electrons. The average Bonchev–Trinajstić information content (AvgIpc) is 2.33. The summed E-state index contributed by atoms with van der Waals surface area (Å²) in [7, 11) is 0. The molecule has 0 spiro atoms. The smallest absolute Gasteiger partial charge is 0.307 e. The number of carboxylic acids is 2. The van der Waals surface area contributed by atoms with Gasteiger partial charge in [-0.2, -0.15) is 0 Å². The summed E-state index contributed by atoms with van der Waals surface area (Å²) in [4.78, 5) is 22.2. The second kappa shape index (κ2) is 7.51. The van der Waals surface area contributed by atoms with E-state index in [1.165, 1.54) is 0 Å². The predicted molar refractivity (Wildman–Crippen MR) is 72.9 cm³/mol. The van der Waals surface area contributed by atoms with E-state index in [1.54, 1.807) is 0 Å². The van der Waals surface area contributed by atoms with Crippen LogP contribution in [0.2, 0.25) is 0 Å². The van der Waals surface area contributed by atoms with Gasteiger partial charge in [0.05, 0.1) is 12.3 Å². The van der Waals surface area contributed by atoms with Gasteiger partial charge in [-0.15, -0.1) is 0 Å². The zero-order valence-corrected chi connectivity index (χ0v) is 12.0. The summed E-state index contributed by atoms with van der Waals surface area (Å²) in [5.74, 6) is -1.61. The summed E-state index contributed by atoms with van der Waals surface area (Å²) in [5.41, 5.74) is 0. The molecule has 0 radical (unpaired) electrons. The minimum atomic E-state index is -0.999. The highest BCUT2D eigenvalue weighted by atomic mass is 16.4. The van der Waals surface area contributed by atoms with Crippen LogP contribution in [0.5, 0.6) is 0 Å². The van der Waals surface area contributed by atoms with Crippen molar-refractivity contribution in [3.8, 4) is 0 Å². The minimum absolute atomic E-state index is 0.0427. The summed E-state index contributed by atoms with van der Waals surface area (Å²) < 4.78 is 0. The molecule has 0 heterocycles. The van der Waals surface area contributed by atoms with Gasteiger partial charge < -0.3 is 10.2 Å². The Morgan fingerprint density at radius 1 is 1.16 bits per heavy atom. The molecule has 0 saturated heterocycles. The van der Waals surface area contributed by atoms with Crippen molar-refractivity contribution in [2.24, 2.45) is 23.7 Å². The highest BCUT2D eigenvalue weighted by molar-refractivity contribution is 5.78. The first-order chi connectivity index (χ1) is 8.91. The SMILES string of the molecule is CC(C)CCC1CCCCC1C(CC(=O)O)C(=O)O. The highest BCUT2D eigenvalue weighted by Crippen LogP contribution is 2.39. The summed E-state index contributed by atoms with van der Waals surface area (Å²) >= 11 is 0. The quantitative estimate of drug-likeness (QED) is 0.743. The minimum Gasteiger partial charge on any atom is -0.481 e. The molecule has 0 aromatic carbocycles. The van der Waals surface area contributed by atoms with Crippen LogP contribution in [-0.2, 0) is 9.59 Å². The lowest BCUT2D eigenvalue weighted by Crippen LogP contribution is -2.33. The lowest BCUT2D eigenvalue weighted by Gasteiger charge is -2.35. The molecular weight excluding hydrogens is 244 g/mol. The maximum Gasteiger partial charge on any atom is 0.307 e. The van der Waals surface area contributed by atoms with E-state index in [1.807, 2.05) is 0 Å². The van der Waals surface area contributed by atoms with Gasteiger partial charge in [-0.3, -0.25) is 9.59 Å². The van der Waals surface area contributed by atoms with Crippen LogP contribution in [0.15, 0.2) is 0 Å². The van der Waals surface area contributed by atoms with Gasteiger partial charge in [0.25, 0.3) is 0 Å². The van der Waals surface area contributed by atoms with Crippen LogP contribution >= 0.6 is 0 Å². The van der Waals surface area contributed by atoms with Crippen LogP contribution < -0.4 is 0 Å². The number of carbonyl (C=O) groups is 2. The first-order valence-corrected chi connectivity index (χ1v) is 7.36. The van der Waals surface area contributed by atoms with Crippen LogP contribution in [0.1, 0.15) is 58.8 Å². The Balaban J connectivity index is 2.71. The number of rotatable bonds is 7. The predicted octanol–water partition coefficient (Wildman–Crippen LogP) is 3.40. The van der Waals surface area contributed by atoms with Gasteiger partial charge >= 0.3 is 11.9 Å². The second-order valence-electron chi connectivity index (χ2n) is 6.22. The van der Waals surface area contributed by atoms with E-state index in [0.717, 1.165) is 38.5 Å². The first-order valence-electron chi connectivity index (χ1n) is 7.36. The molecule has 0 aromatic rings. The molecule has 2 N–H and O–H groups in total. The highest BCUT2D eigenvalue weighted by Gasteiger charge is 2.36. The van der Waals surface area contributed by atoms with Gasteiger partial charge in [-0.05, 0) is 30.6 Å². The third-order valence-electron chi connectivity index (χ3n) is 4.31. The molecule has 4 heteroatoms. The lowest BCUT2D eigenvalue weighted by atomic mass is 9.69.